The van der Waals surface area contributed by atoms with E-state index in [0.717, 1.165) is 24.3 Å². The van der Waals surface area contributed by atoms with Gasteiger partial charge in [-0.2, -0.15) is 0 Å². The zero-order valence-electron chi connectivity index (χ0n) is 10.6. The van der Waals surface area contributed by atoms with E-state index in [4.69, 9.17) is 0 Å². The third kappa shape index (κ3) is 2.07. The van der Waals surface area contributed by atoms with Crippen molar-refractivity contribution < 1.29 is 4.79 Å². The van der Waals surface area contributed by atoms with E-state index < -0.39 is 0 Å². The lowest BCUT2D eigenvalue weighted by Gasteiger charge is -2.13. The maximum Gasteiger partial charge on any atom is 0.124 e. The predicted octanol–water partition coefficient (Wildman–Crippen LogP) is 3.57. The molecule has 1 saturated carbocycles. The van der Waals surface area contributed by atoms with Crippen molar-refractivity contribution in [2.24, 2.45) is 5.92 Å². The lowest BCUT2D eigenvalue weighted by Crippen LogP contribution is -2.07. The van der Waals surface area contributed by atoms with E-state index in [2.05, 4.69) is 29.0 Å². The fourth-order valence-electron chi connectivity index (χ4n) is 3.22. The van der Waals surface area contributed by atoms with Crippen molar-refractivity contribution >= 4 is 17.2 Å². The van der Waals surface area contributed by atoms with E-state index in [1.54, 1.807) is 0 Å². The van der Waals surface area contributed by atoms with Gasteiger partial charge in [-0.3, -0.25) is 0 Å². The predicted molar refractivity (Wildman–Crippen MR) is 73.7 cm³/mol. The Hall–Kier alpha value is -1.57. The molecule has 0 unspecified atom stereocenters. The number of hydrogen-bond donors (Lipinski definition) is 0. The number of fused-ring (bicyclic) bond motifs is 1. The molecule has 1 fully saturated rings. The molecule has 0 amide bonds. The van der Waals surface area contributed by atoms with Crippen molar-refractivity contribution in [2.45, 2.75) is 38.6 Å². The molecule has 2 heteroatoms. The molecule has 2 aromatic rings. The molecule has 1 aliphatic rings. The van der Waals surface area contributed by atoms with E-state index in [1.165, 1.54) is 36.6 Å². The first kappa shape index (κ1) is 11.5. The van der Waals surface area contributed by atoms with E-state index in [0.29, 0.717) is 6.42 Å². The highest BCUT2D eigenvalue weighted by Crippen LogP contribution is 2.29. The van der Waals surface area contributed by atoms with Crippen LogP contribution in [0.5, 0.6) is 0 Å². The van der Waals surface area contributed by atoms with Gasteiger partial charge in [-0.05, 0) is 35.8 Å². The van der Waals surface area contributed by atoms with Gasteiger partial charge in [-0.15, -0.1) is 0 Å². The second-order valence-electron chi connectivity index (χ2n) is 5.34. The van der Waals surface area contributed by atoms with Crippen LogP contribution in [0.2, 0.25) is 0 Å². The number of rotatable bonds is 4. The van der Waals surface area contributed by atoms with Gasteiger partial charge in [0.2, 0.25) is 0 Å². The van der Waals surface area contributed by atoms with Gasteiger partial charge in [0.15, 0.2) is 0 Å². The fourth-order valence-corrected chi connectivity index (χ4v) is 3.22. The van der Waals surface area contributed by atoms with Gasteiger partial charge >= 0.3 is 0 Å². The van der Waals surface area contributed by atoms with Crippen LogP contribution in [0.25, 0.3) is 10.9 Å². The number of aldehydes is 1. The number of benzene rings is 1. The first-order valence-electron chi connectivity index (χ1n) is 6.89. The summed E-state index contributed by atoms with van der Waals surface area (Å²) >= 11 is 0. The van der Waals surface area contributed by atoms with Crippen LogP contribution in [0.3, 0.4) is 0 Å². The number of nitrogens with zero attached hydrogens (tertiary/aromatic N) is 1. The minimum atomic E-state index is 0.520. The molecule has 2 nitrogen and oxygen atoms in total. The van der Waals surface area contributed by atoms with Crippen molar-refractivity contribution in [1.82, 2.24) is 4.57 Å². The maximum atomic E-state index is 10.8. The summed E-state index contributed by atoms with van der Waals surface area (Å²) in [4.78, 5) is 10.8. The van der Waals surface area contributed by atoms with Crippen molar-refractivity contribution in [3.05, 3.63) is 36.0 Å². The first-order valence-corrected chi connectivity index (χ1v) is 6.89. The van der Waals surface area contributed by atoms with Crippen LogP contribution in [0.1, 0.15) is 31.2 Å². The first-order chi connectivity index (χ1) is 8.88. The molecule has 0 spiro atoms. The number of carbonyl (C=O) groups is 1. The molecule has 0 N–H and O–H groups in total. The summed E-state index contributed by atoms with van der Waals surface area (Å²) in [6.45, 7) is 1.11. The second kappa shape index (κ2) is 4.97. The van der Waals surface area contributed by atoms with Gasteiger partial charge in [0.25, 0.3) is 0 Å². The minimum Gasteiger partial charge on any atom is -0.347 e. The quantitative estimate of drug-likeness (QED) is 0.750. The van der Waals surface area contributed by atoms with Crippen LogP contribution in [0.15, 0.2) is 30.5 Å². The molecule has 1 aromatic carbocycles. The Balaban J connectivity index is 1.97. The molecule has 0 bridgehead atoms. The van der Waals surface area contributed by atoms with Crippen molar-refractivity contribution in [3.8, 4) is 0 Å². The number of hydrogen-bond acceptors (Lipinski definition) is 1. The normalized spacial score (nSPS) is 16.4. The Bertz CT molecular complexity index is 549. The SMILES string of the molecule is O=CCc1cccc2ccn(CC3CCCC3)c12. The van der Waals surface area contributed by atoms with Gasteiger partial charge in [0.05, 0.1) is 5.52 Å². The van der Waals surface area contributed by atoms with Gasteiger partial charge in [-0.1, -0.05) is 31.0 Å². The molecule has 0 saturated heterocycles. The summed E-state index contributed by atoms with van der Waals surface area (Å²) in [5, 5.41) is 1.26. The Morgan fingerprint density at radius 2 is 2.06 bits per heavy atom. The van der Waals surface area contributed by atoms with E-state index >= 15 is 0 Å². The van der Waals surface area contributed by atoms with Crippen LogP contribution in [0.4, 0.5) is 0 Å². The molecule has 0 aliphatic heterocycles. The highest BCUT2D eigenvalue weighted by atomic mass is 16.1. The average molecular weight is 241 g/mol. The van der Waals surface area contributed by atoms with Crippen LogP contribution in [0, 0.1) is 5.92 Å². The van der Waals surface area contributed by atoms with E-state index in [9.17, 15) is 4.79 Å². The molecule has 18 heavy (non-hydrogen) atoms. The third-order valence-electron chi connectivity index (χ3n) is 4.10. The monoisotopic (exact) mass is 241 g/mol. The van der Waals surface area contributed by atoms with Crippen LogP contribution < -0.4 is 0 Å². The molecule has 1 aliphatic carbocycles. The Morgan fingerprint density at radius 3 is 2.83 bits per heavy atom. The molecule has 1 heterocycles. The summed E-state index contributed by atoms with van der Waals surface area (Å²) in [5.74, 6) is 0.824. The maximum absolute atomic E-state index is 10.8. The van der Waals surface area contributed by atoms with Crippen molar-refractivity contribution in [1.29, 1.82) is 0 Å². The number of para-hydroxylation sites is 1. The Kier molecular flexibility index (Phi) is 3.18. The van der Waals surface area contributed by atoms with E-state index in [1.807, 2.05) is 6.07 Å². The fraction of sp³-hybridized carbons (Fsp3) is 0.438. The highest BCUT2D eigenvalue weighted by Gasteiger charge is 2.16. The van der Waals surface area contributed by atoms with Crippen LogP contribution >= 0.6 is 0 Å². The van der Waals surface area contributed by atoms with Gasteiger partial charge in [0.1, 0.15) is 6.29 Å². The third-order valence-corrected chi connectivity index (χ3v) is 4.10. The van der Waals surface area contributed by atoms with E-state index in [-0.39, 0.29) is 0 Å². The average Bonchev–Trinajstić information content (AvgIpc) is 3.01. The largest absolute Gasteiger partial charge is 0.347 e. The molecule has 1 aromatic heterocycles. The molecule has 94 valence electrons. The summed E-state index contributed by atoms with van der Waals surface area (Å²) in [7, 11) is 0. The highest BCUT2D eigenvalue weighted by molar-refractivity contribution is 5.85. The summed E-state index contributed by atoms with van der Waals surface area (Å²) in [6, 6.07) is 8.41. The Morgan fingerprint density at radius 1 is 1.22 bits per heavy atom. The number of aromatic nitrogens is 1. The van der Waals surface area contributed by atoms with Crippen LogP contribution in [-0.2, 0) is 17.8 Å². The summed E-state index contributed by atoms with van der Waals surface area (Å²) < 4.78 is 2.35. The number of carbonyl (C=O) groups excluding carboxylic acids is 1. The van der Waals surface area contributed by atoms with Crippen molar-refractivity contribution in [2.75, 3.05) is 0 Å². The standard InChI is InChI=1S/C16H19NO/c18-11-9-15-7-3-6-14-8-10-17(16(14)15)12-13-4-1-2-5-13/h3,6-8,10-11,13H,1-2,4-5,9,12H2. The summed E-state index contributed by atoms with van der Waals surface area (Å²) in [5.41, 5.74) is 2.42. The zero-order chi connectivity index (χ0) is 12.4. The smallest absolute Gasteiger partial charge is 0.124 e. The lowest BCUT2D eigenvalue weighted by molar-refractivity contribution is -0.107. The Labute approximate surface area is 108 Å². The van der Waals surface area contributed by atoms with Gasteiger partial charge < -0.3 is 9.36 Å². The topological polar surface area (TPSA) is 22.0 Å². The lowest BCUT2D eigenvalue weighted by atomic mass is 10.1. The van der Waals surface area contributed by atoms with Gasteiger partial charge in [-0.25, -0.2) is 0 Å². The molecular weight excluding hydrogens is 222 g/mol. The van der Waals surface area contributed by atoms with Crippen molar-refractivity contribution in [3.63, 3.8) is 0 Å². The molecule has 0 atom stereocenters. The summed E-state index contributed by atoms with van der Waals surface area (Å²) in [6.07, 6.45) is 9.17. The minimum absolute atomic E-state index is 0.520. The van der Waals surface area contributed by atoms with Gasteiger partial charge in [0, 0.05) is 19.2 Å². The molecular formula is C16H19NO. The second-order valence-corrected chi connectivity index (χ2v) is 5.34. The molecule has 0 radical (unpaired) electrons. The van der Waals surface area contributed by atoms with Crippen LogP contribution in [-0.4, -0.2) is 10.9 Å². The zero-order valence-corrected chi connectivity index (χ0v) is 10.6. The molecule has 3 rings (SSSR count).